The molecule has 0 saturated carbocycles. The summed E-state index contributed by atoms with van der Waals surface area (Å²) in [5.41, 5.74) is -0.348. The van der Waals surface area contributed by atoms with Crippen molar-refractivity contribution in [1.82, 2.24) is 4.90 Å². The Balaban J connectivity index is 1.91. The van der Waals surface area contributed by atoms with Gasteiger partial charge in [-0.25, -0.2) is 4.79 Å². The van der Waals surface area contributed by atoms with Gasteiger partial charge in [0.1, 0.15) is 0 Å². The minimum absolute atomic E-state index is 0.0331. The van der Waals surface area contributed by atoms with Crippen molar-refractivity contribution in [1.29, 1.82) is 0 Å². The van der Waals surface area contributed by atoms with Crippen LogP contribution < -0.4 is 0 Å². The molecule has 2 rings (SSSR count). The molecule has 1 N–H and O–H groups in total. The molecule has 5 nitrogen and oxygen atoms in total. The van der Waals surface area contributed by atoms with Gasteiger partial charge in [-0.15, -0.1) is 0 Å². The minimum Gasteiger partial charge on any atom is -0.479 e. The highest BCUT2D eigenvalue weighted by Gasteiger charge is 2.40. The van der Waals surface area contributed by atoms with Gasteiger partial charge in [-0.3, -0.25) is 4.90 Å². The van der Waals surface area contributed by atoms with E-state index in [2.05, 4.69) is 32.6 Å². The zero-order valence-corrected chi connectivity index (χ0v) is 12.3. The maximum absolute atomic E-state index is 10.9. The predicted octanol–water partition coefficient (Wildman–Crippen LogP) is 1.51. The summed E-state index contributed by atoms with van der Waals surface area (Å²) in [7, 11) is 0. The second-order valence-corrected chi connectivity index (χ2v) is 6.95. The fourth-order valence-electron chi connectivity index (χ4n) is 3.38. The molecule has 2 atom stereocenters. The summed E-state index contributed by atoms with van der Waals surface area (Å²) in [5.74, 6) is -0.842. The number of carboxylic acid groups (broad SMARTS) is 1. The molecule has 0 aromatic carbocycles. The lowest BCUT2D eigenvalue weighted by Gasteiger charge is -2.47. The van der Waals surface area contributed by atoms with E-state index in [0.29, 0.717) is 6.42 Å². The van der Waals surface area contributed by atoms with E-state index in [1.807, 2.05) is 0 Å². The van der Waals surface area contributed by atoms with Crippen molar-refractivity contribution in [3.8, 4) is 0 Å². The van der Waals surface area contributed by atoms with E-state index in [0.717, 1.165) is 26.1 Å². The number of rotatable bonds is 3. The van der Waals surface area contributed by atoms with Crippen LogP contribution in [0.15, 0.2) is 0 Å². The van der Waals surface area contributed by atoms with Crippen molar-refractivity contribution >= 4 is 5.97 Å². The largest absolute Gasteiger partial charge is 0.479 e. The Bertz CT molecular complexity index is 337. The van der Waals surface area contributed by atoms with Crippen molar-refractivity contribution in [3.63, 3.8) is 0 Å². The number of morpholine rings is 1. The van der Waals surface area contributed by atoms with Crippen LogP contribution in [0, 0.1) is 0 Å². The Morgan fingerprint density at radius 3 is 2.26 bits per heavy atom. The highest BCUT2D eigenvalue weighted by Crippen LogP contribution is 2.29. The molecule has 0 spiro atoms. The van der Waals surface area contributed by atoms with Crippen molar-refractivity contribution in [2.75, 3.05) is 19.6 Å². The third-order valence-corrected chi connectivity index (χ3v) is 3.61. The van der Waals surface area contributed by atoms with Crippen LogP contribution in [-0.2, 0) is 14.3 Å². The van der Waals surface area contributed by atoms with Crippen LogP contribution >= 0.6 is 0 Å². The second kappa shape index (κ2) is 5.04. The standard InChI is InChI=1S/C14H25NO4/c1-13(2)8-15(9-14(3,4)19-13)7-10-5-6-11(18-10)12(16)17/h10-11H,5-9H2,1-4H3,(H,16,17)/t10-,11+/m1/s1. The van der Waals surface area contributed by atoms with Crippen LogP contribution in [0.3, 0.4) is 0 Å². The second-order valence-electron chi connectivity index (χ2n) is 6.95. The maximum atomic E-state index is 10.9. The summed E-state index contributed by atoms with van der Waals surface area (Å²) in [4.78, 5) is 13.2. The lowest BCUT2D eigenvalue weighted by molar-refractivity contribution is -0.185. The molecular weight excluding hydrogens is 246 g/mol. The van der Waals surface area contributed by atoms with Crippen LogP contribution in [0.5, 0.6) is 0 Å². The fourth-order valence-corrected chi connectivity index (χ4v) is 3.38. The minimum atomic E-state index is -0.842. The van der Waals surface area contributed by atoms with Gasteiger partial charge < -0.3 is 14.6 Å². The van der Waals surface area contributed by atoms with E-state index in [1.54, 1.807) is 0 Å². The molecule has 2 saturated heterocycles. The summed E-state index contributed by atoms with van der Waals surface area (Å²) in [6.45, 7) is 10.9. The highest BCUT2D eigenvalue weighted by atomic mass is 16.5. The quantitative estimate of drug-likeness (QED) is 0.843. The van der Waals surface area contributed by atoms with Gasteiger partial charge in [-0.05, 0) is 40.5 Å². The molecule has 19 heavy (non-hydrogen) atoms. The molecule has 2 aliphatic heterocycles. The van der Waals surface area contributed by atoms with Gasteiger partial charge in [0.05, 0.1) is 17.3 Å². The number of carbonyl (C=O) groups is 1. The molecule has 2 aliphatic rings. The molecule has 0 aromatic rings. The SMILES string of the molecule is CC1(C)CN(C[C@H]2CC[C@@H](C(=O)O)O2)CC(C)(C)O1. The molecule has 2 heterocycles. The Hall–Kier alpha value is -0.650. The Morgan fingerprint density at radius 2 is 1.79 bits per heavy atom. The van der Waals surface area contributed by atoms with Gasteiger partial charge >= 0.3 is 5.97 Å². The number of hydrogen-bond donors (Lipinski definition) is 1. The zero-order chi connectivity index (χ0) is 14.3. The lowest BCUT2D eigenvalue weighted by atomic mass is 9.98. The van der Waals surface area contributed by atoms with Gasteiger partial charge in [0, 0.05) is 19.6 Å². The fraction of sp³-hybridized carbons (Fsp3) is 0.929. The van der Waals surface area contributed by atoms with E-state index in [4.69, 9.17) is 14.6 Å². The Labute approximate surface area is 114 Å². The number of nitrogens with zero attached hydrogens (tertiary/aromatic N) is 1. The molecular formula is C14H25NO4. The molecule has 0 amide bonds. The molecule has 0 aromatic heterocycles. The third kappa shape index (κ3) is 3.91. The van der Waals surface area contributed by atoms with Crippen LogP contribution in [0.4, 0.5) is 0 Å². The van der Waals surface area contributed by atoms with Crippen molar-refractivity contribution in [2.45, 2.75) is 63.9 Å². The van der Waals surface area contributed by atoms with Crippen molar-refractivity contribution < 1.29 is 19.4 Å². The summed E-state index contributed by atoms with van der Waals surface area (Å²) < 4.78 is 11.6. The molecule has 0 radical (unpaired) electrons. The van der Waals surface area contributed by atoms with Crippen LogP contribution in [0.2, 0.25) is 0 Å². The highest BCUT2D eigenvalue weighted by molar-refractivity contribution is 5.72. The number of ether oxygens (including phenoxy) is 2. The average Bonchev–Trinajstić information content (AvgIpc) is 2.60. The monoisotopic (exact) mass is 271 g/mol. The number of aliphatic carboxylic acids is 1. The van der Waals surface area contributed by atoms with Crippen LogP contribution in [0.25, 0.3) is 0 Å². The van der Waals surface area contributed by atoms with Crippen molar-refractivity contribution in [2.24, 2.45) is 0 Å². The molecule has 2 fully saturated rings. The summed E-state index contributed by atoms with van der Waals surface area (Å²) >= 11 is 0. The number of hydrogen-bond acceptors (Lipinski definition) is 4. The van der Waals surface area contributed by atoms with E-state index < -0.39 is 12.1 Å². The first kappa shape index (κ1) is 14.8. The van der Waals surface area contributed by atoms with Gasteiger partial charge in [0.2, 0.25) is 0 Å². The zero-order valence-electron chi connectivity index (χ0n) is 12.3. The smallest absolute Gasteiger partial charge is 0.332 e. The lowest BCUT2D eigenvalue weighted by Crippen LogP contribution is -2.58. The molecule has 110 valence electrons. The van der Waals surface area contributed by atoms with E-state index in [9.17, 15) is 4.79 Å². The normalized spacial score (nSPS) is 34.3. The molecule has 5 heteroatoms. The first-order valence-corrected chi connectivity index (χ1v) is 6.98. The summed E-state index contributed by atoms with van der Waals surface area (Å²) in [6, 6.07) is 0. The molecule has 0 bridgehead atoms. The van der Waals surface area contributed by atoms with Gasteiger partial charge in [0.25, 0.3) is 0 Å². The Kier molecular flexibility index (Phi) is 3.91. The first-order valence-electron chi connectivity index (χ1n) is 6.98. The Morgan fingerprint density at radius 1 is 1.21 bits per heavy atom. The summed E-state index contributed by atoms with van der Waals surface area (Å²) in [6.07, 6.45) is 0.865. The van der Waals surface area contributed by atoms with E-state index >= 15 is 0 Å². The first-order chi connectivity index (χ1) is 8.67. The maximum Gasteiger partial charge on any atom is 0.332 e. The van der Waals surface area contributed by atoms with Crippen LogP contribution in [-0.4, -0.2) is 59.0 Å². The molecule has 0 aliphatic carbocycles. The molecule has 0 unspecified atom stereocenters. The topological polar surface area (TPSA) is 59.0 Å². The summed E-state index contributed by atoms with van der Waals surface area (Å²) in [5, 5.41) is 8.94. The van der Waals surface area contributed by atoms with Crippen LogP contribution in [0.1, 0.15) is 40.5 Å². The van der Waals surface area contributed by atoms with E-state index in [-0.39, 0.29) is 17.3 Å². The average molecular weight is 271 g/mol. The predicted molar refractivity (Wildman–Crippen MR) is 71.2 cm³/mol. The van der Waals surface area contributed by atoms with Gasteiger partial charge in [0.15, 0.2) is 6.10 Å². The van der Waals surface area contributed by atoms with Gasteiger partial charge in [-0.2, -0.15) is 0 Å². The van der Waals surface area contributed by atoms with Gasteiger partial charge in [-0.1, -0.05) is 0 Å². The van der Waals surface area contributed by atoms with E-state index in [1.165, 1.54) is 0 Å². The number of carboxylic acids is 1. The van der Waals surface area contributed by atoms with Crippen molar-refractivity contribution in [3.05, 3.63) is 0 Å². The third-order valence-electron chi connectivity index (χ3n) is 3.61.